The summed E-state index contributed by atoms with van der Waals surface area (Å²) in [7, 11) is 0. The predicted molar refractivity (Wildman–Crippen MR) is 103 cm³/mol. The minimum absolute atomic E-state index is 0.0112. The summed E-state index contributed by atoms with van der Waals surface area (Å²) in [5, 5.41) is 13.5. The van der Waals surface area contributed by atoms with Gasteiger partial charge in [0.25, 0.3) is 0 Å². The molecular weight excluding hydrogens is 435 g/mol. The Morgan fingerprint density at radius 2 is 1.88 bits per heavy atom. The van der Waals surface area contributed by atoms with Crippen molar-refractivity contribution < 1.29 is 19.4 Å². The molecule has 0 amide bonds. The lowest BCUT2D eigenvalue weighted by atomic mass is 10.2. The molecule has 1 atom stereocenters. The molecule has 5 nitrogen and oxygen atoms in total. The maximum Gasteiger partial charge on any atom is 0.226 e. The third-order valence-corrected chi connectivity index (χ3v) is 3.66. The molecule has 142 valence electrons. The monoisotopic (exact) mass is 451 g/mol. The molecule has 1 N–H and O–H groups in total. The van der Waals surface area contributed by atoms with Crippen LogP contribution >= 0.6 is 58.0 Å². The number of phenols is 1. The largest absolute Gasteiger partial charge is 0.508 e. The number of benzene rings is 1. The van der Waals surface area contributed by atoms with Gasteiger partial charge in [-0.05, 0) is 19.8 Å². The Bertz CT molecular complexity index is 542. The van der Waals surface area contributed by atoms with Crippen LogP contribution < -0.4 is 4.74 Å². The summed E-state index contributed by atoms with van der Waals surface area (Å²) >= 11 is 28.5. The van der Waals surface area contributed by atoms with Gasteiger partial charge in [-0.25, -0.2) is 0 Å². The highest BCUT2D eigenvalue weighted by Crippen LogP contribution is 2.37. The fourth-order valence-electron chi connectivity index (χ4n) is 1.72. The first-order valence-corrected chi connectivity index (χ1v) is 9.21. The van der Waals surface area contributed by atoms with E-state index < -0.39 is 3.79 Å². The summed E-state index contributed by atoms with van der Waals surface area (Å²) in [5.41, 5.74) is 0. The van der Waals surface area contributed by atoms with Gasteiger partial charge < -0.3 is 19.4 Å². The van der Waals surface area contributed by atoms with E-state index in [9.17, 15) is 5.11 Å². The number of oxime groups is 1. The van der Waals surface area contributed by atoms with Crippen molar-refractivity contribution in [2.45, 2.75) is 29.7 Å². The maximum absolute atomic E-state index is 9.39. The second-order valence-electron chi connectivity index (χ2n) is 5.06. The number of hydrogen-bond acceptors (Lipinski definition) is 5. The Hall–Kier alpha value is -0.300. The lowest BCUT2D eigenvalue weighted by Gasteiger charge is -2.17. The summed E-state index contributed by atoms with van der Waals surface area (Å²) in [4.78, 5) is 4.77. The van der Waals surface area contributed by atoms with Gasteiger partial charge in [0.15, 0.2) is 12.4 Å². The SMILES string of the molecule is CC(CCCOCC=NOCC(Cl)(Cl)Cl)Oc1c(Cl)cc(O)cc1Cl. The van der Waals surface area contributed by atoms with E-state index in [1.165, 1.54) is 18.3 Å². The van der Waals surface area contributed by atoms with E-state index >= 15 is 0 Å². The molecule has 0 aromatic heterocycles. The van der Waals surface area contributed by atoms with Crippen LogP contribution in [0.25, 0.3) is 0 Å². The van der Waals surface area contributed by atoms with Gasteiger partial charge in [-0.3, -0.25) is 0 Å². The molecule has 0 radical (unpaired) electrons. The third-order valence-electron chi connectivity index (χ3n) is 2.77. The highest BCUT2D eigenvalue weighted by molar-refractivity contribution is 6.67. The van der Waals surface area contributed by atoms with Gasteiger partial charge in [0.1, 0.15) is 5.75 Å². The van der Waals surface area contributed by atoms with Crippen molar-refractivity contribution in [3.8, 4) is 11.5 Å². The Kier molecular flexibility index (Phi) is 10.4. The Morgan fingerprint density at radius 3 is 2.48 bits per heavy atom. The molecule has 0 saturated carbocycles. The molecule has 1 aromatic carbocycles. The van der Waals surface area contributed by atoms with Gasteiger partial charge >= 0.3 is 0 Å². The molecule has 0 aliphatic carbocycles. The normalized spacial score (nSPS) is 13.2. The van der Waals surface area contributed by atoms with E-state index in [1.807, 2.05) is 6.92 Å². The van der Waals surface area contributed by atoms with E-state index in [1.54, 1.807) is 0 Å². The van der Waals surface area contributed by atoms with Crippen LogP contribution in [-0.2, 0) is 9.57 Å². The molecule has 25 heavy (non-hydrogen) atoms. The van der Waals surface area contributed by atoms with Crippen LogP contribution in [0.3, 0.4) is 0 Å². The number of aromatic hydroxyl groups is 1. The number of ether oxygens (including phenoxy) is 2. The quantitative estimate of drug-likeness (QED) is 0.216. The van der Waals surface area contributed by atoms with Crippen molar-refractivity contribution in [2.75, 3.05) is 19.8 Å². The Balaban J connectivity index is 2.17. The Labute approximate surface area is 171 Å². The van der Waals surface area contributed by atoms with Gasteiger partial charge in [-0.1, -0.05) is 63.2 Å². The van der Waals surface area contributed by atoms with Gasteiger partial charge in [-0.15, -0.1) is 0 Å². The summed E-state index contributed by atoms with van der Waals surface area (Å²) in [6.45, 7) is 2.56. The van der Waals surface area contributed by atoms with Crippen molar-refractivity contribution in [3.05, 3.63) is 22.2 Å². The third kappa shape index (κ3) is 10.4. The van der Waals surface area contributed by atoms with Crippen molar-refractivity contribution in [1.29, 1.82) is 0 Å². The van der Waals surface area contributed by atoms with Gasteiger partial charge in [0.05, 0.1) is 29.0 Å². The summed E-state index contributed by atoms with van der Waals surface area (Å²) in [5.74, 6) is 0.343. The lowest BCUT2D eigenvalue weighted by molar-refractivity contribution is 0.133. The van der Waals surface area contributed by atoms with Crippen LogP contribution in [0.4, 0.5) is 0 Å². The molecule has 0 bridgehead atoms. The number of nitrogens with zero attached hydrogens (tertiary/aromatic N) is 1. The molecule has 0 spiro atoms. The van der Waals surface area contributed by atoms with Crippen molar-refractivity contribution in [2.24, 2.45) is 5.16 Å². The highest BCUT2D eigenvalue weighted by Gasteiger charge is 2.20. The first kappa shape index (κ1) is 22.7. The summed E-state index contributed by atoms with van der Waals surface area (Å²) in [6, 6.07) is 2.76. The second-order valence-corrected chi connectivity index (χ2v) is 8.39. The van der Waals surface area contributed by atoms with Crippen molar-refractivity contribution in [1.82, 2.24) is 0 Å². The number of phenolic OH excluding ortho intramolecular Hbond substituents is 1. The molecule has 0 aliphatic heterocycles. The lowest BCUT2D eigenvalue weighted by Crippen LogP contribution is -2.13. The molecular formula is C15H18Cl5NO4. The molecule has 0 fully saturated rings. The first-order valence-electron chi connectivity index (χ1n) is 7.32. The van der Waals surface area contributed by atoms with E-state index in [4.69, 9.17) is 72.3 Å². The van der Waals surface area contributed by atoms with Crippen LogP contribution in [0, 0.1) is 0 Å². The van der Waals surface area contributed by atoms with Crippen LogP contribution in [-0.4, -0.2) is 41.0 Å². The fraction of sp³-hybridized carbons (Fsp3) is 0.533. The highest BCUT2D eigenvalue weighted by atomic mass is 35.6. The van der Waals surface area contributed by atoms with Crippen LogP contribution in [0.2, 0.25) is 10.0 Å². The molecule has 1 aromatic rings. The van der Waals surface area contributed by atoms with Crippen LogP contribution in [0.15, 0.2) is 17.3 Å². The predicted octanol–water partition coefficient (Wildman–Crippen LogP) is 5.64. The van der Waals surface area contributed by atoms with Gasteiger partial charge in [0.2, 0.25) is 3.79 Å². The number of rotatable bonds is 10. The van der Waals surface area contributed by atoms with Crippen LogP contribution in [0.5, 0.6) is 11.5 Å². The maximum atomic E-state index is 9.39. The van der Waals surface area contributed by atoms with E-state index in [0.29, 0.717) is 12.4 Å². The second kappa shape index (κ2) is 11.4. The molecule has 10 heteroatoms. The summed E-state index contributed by atoms with van der Waals surface area (Å²) < 4.78 is 9.58. The Morgan fingerprint density at radius 1 is 1.24 bits per heavy atom. The average Bonchev–Trinajstić information content (AvgIpc) is 2.48. The van der Waals surface area contributed by atoms with Crippen molar-refractivity contribution >= 4 is 64.2 Å². The molecule has 0 heterocycles. The van der Waals surface area contributed by atoms with Crippen molar-refractivity contribution in [3.63, 3.8) is 0 Å². The molecule has 0 saturated heterocycles. The molecule has 1 unspecified atom stereocenters. The van der Waals surface area contributed by atoms with Gasteiger partial charge in [-0.2, -0.15) is 0 Å². The summed E-state index contributed by atoms with van der Waals surface area (Å²) in [6.07, 6.45) is 2.81. The zero-order valence-corrected chi connectivity index (χ0v) is 17.1. The van der Waals surface area contributed by atoms with E-state index in [-0.39, 0.29) is 35.1 Å². The zero-order chi connectivity index (χ0) is 18.9. The fourth-order valence-corrected chi connectivity index (χ4v) is 2.43. The minimum Gasteiger partial charge on any atom is -0.508 e. The number of hydrogen-bond donors (Lipinski definition) is 1. The zero-order valence-electron chi connectivity index (χ0n) is 13.4. The van der Waals surface area contributed by atoms with Crippen LogP contribution in [0.1, 0.15) is 19.8 Å². The topological polar surface area (TPSA) is 60.3 Å². The standard InChI is InChI=1S/C15H18Cl5NO4/c1-10(25-14-12(16)7-11(22)8-13(14)17)3-2-5-23-6-4-21-24-9-15(18,19)20/h4,7-8,10,22H,2-3,5-6,9H2,1H3. The van der Waals surface area contributed by atoms with Gasteiger partial charge in [0, 0.05) is 18.7 Å². The smallest absolute Gasteiger partial charge is 0.226 e. The average molecular weight is 454 g/mol. The molecule has 1 rings (SSSR count). The minimum atomic E-state index is -1.49. The first-order chi connectivity index (χ1) is 11.7. The van der Waals surface area contributed by atoms with E-state index in [2.05, 4.69) is 5.16 Å². The number of halogens is 5. The molecule has 0 aliphatic rings. The number of alkyl halides is 3. The van der Waals surface area contributed by atoms with E-state index in [0.717, 1.165) is 12.8 Å².